The number of benzene rings is 2. The van der Waals surface area contributed by atoms with Gasteiger partial charge in [0.2, 0.25) is 0 Å². The van der Waals surface area contributed by atoms with Crippen LogP contribution in [0.5, 0.6) is 0 Å². The number of ether oxygens (including phenoxy) is 1. The highest BCUT2D eigenvalue weighted by Gasteiger charge is 2.16. The van der Waals surface area contributed by atoms with E-state index in [1.54, 1.807) is 37.3 Å². The number of hydrogen-bond donors (Lipinski definition) is 2. The van der Waals surface area contributed by atoms with Crippen LogP contribution in [0, 0.1) is 13.8 Å². The van der Waals surface area contributed by atoms with E-state index in [1.165, 1.54) is 12.7 Å². The Morgan fingerprint density at radius 2 is 1.72 bits per heavy atom. The molecule has 0 fully saturated rings. The molecule has 0 bridgehead atoms. The molecular weight excluding hydrogens is 368 g/mol. The van der Waals surface area contributed by atoms with Gasteiger partial charge in [-0.05, 0) is 31.5 Å². The highest BCUT2D eigenvalue weighted by Crippen LogP contribution is 2.18. The minimum Gasteiger partial charge on any atom is -0.465 e. The predicted molar refractivity (Wildman–Crippen MR) is 111 cm³/mol. The molecule has 1 aromatic heterocycles. The molecular formula is C22H22N4O3. The number of methoxy groups -OCH3 is 1. The van der Waals surface area contributed by atoms with Crippen molar-refractivity contribution in [2.75, 3.05) is 17.7 Å². The van der Waals surface area contributed by atoms with Crippen molar-refractivity contribution < 1.29 is 14.3 Å². The van der Waals surface area contributed by atoms with Gasteiger partial charge in [0.25, 0.3) is 5.91 Å². The van der Waals surface area contributed by atoms with Gasteiger partial charge in [-0.25, -0.2) is 14.8 Å². The quantitative estimate of drug-likeness (QED) is 0.623. The maximum Gasteiger partial charge on any atom is 0.339 e. The first-order chi connectivity index (χ1) is 14.0. The fraction of sp³-hybridized carbons (Fsp3) is 0.182. The Morgan fingerprint density at radius 3 is 2.45 bits per heavy atom. The second-order valence-corrected chi connectivity index (χ2v) is 6.52. The van der Waals surface area contributed by atoms with E-state index in [-0.39, 0.29) is 11.3 Å². The molecule has 0 unspecified atom stereocenters. The zero-order valence-electron chi connectivity index (χ0n) is 16.5. The van der Waals surface area contributed by atoms with Crippen LogP contribution in [-0.2, 0) is 11.3 Å². The monoisotopic (exact) mass is 390 g/mol. The molecule has 148 valence electrons. The molecule has 0 saturated carbocycles. The Kier molecular flexibility index (Phi) is 6.19. The number of carbonyl (C=O) groups excluding carboxylic acids is 2. The summed E-state index contributed by atoms with van der Waals surface area (Å²) in [4.78, 5) is 33.2. The summed E-state index contributed by atoms with van der Waals surface area (Å²) in [5.41, 5.74) is 3.12. The van der Waals surface area contributed by atoms with Crippen molar-refractivity contribution in [3.8, 4) is 0 Å². The summed E-state index contributed by atoms with van der Waals surface area (Å²) < 4.78 is 4.76. The van der Waals surface area contributed by atoms with E-state index in [0.717, 1.165) is 5.56 Å². The Hall–Kier alpha value is -3.74. The van der Waals surface area contributed by atoms with Crippen LogP contribution in [0.4, 0.5) is 11.5 Å². The number of hydrogen-bond acceptors (Lipinski definition) is 6. The highest BCUT2D eigenvalue weighted by atomic mass is 16.5. The molecule has 0 aliphatic heterocycles. The number of aryl methyl sites for hydroxylation is 2. The smallest absolute Gasteiger partial charge is 0.339 e. The van der Waals surface area contributed by atoms with Gasteiger partial charge in [0, 0.05) is 12.6 Å². The lowest BCUT2D eigenvalue weighted by Gasteiger charge is -2.11. The molecule has 0 radical (unpaired) electrons. The van der Waals surface area contributed by atoms with E-state index in [0.29, 0.717) is 23.9 Å². The number of aromatic nitrogens is 2. The number of anilines is 2. The Bertz CT molecular complexity index is 1030. The SMILES string of the molecule is COC(=O)c1ccccc1NC(=O)c1cc(NCc2ccc(C)cc2)nc(C)n1. The third-order valence-electron chi connectivity index (χ3n) is 4.25. The number of para-hydroxylation sites is 1. The largest absolute Gasteiger partial charge is 0.465 e. The van der Waals surface area contributed by atoms with Gasteiger partial charge in [0.1, 0.15) is 17.3 Å². The van der Waals surface area contributed by atoms with Gasteiger partial charge in [-0.1, -0.05) is 42.0 Å². The molecule has 3 aromatic rings. The summed E-state index contributed by atoms with van der Waals surface area (Å²) in [6.07, 6.45) is 0. The zero-order chi connectivity index (χ0) is 20.8. The first kappa shape index (κ1) is 20.0. The molecule has 3 rings (SSSR count). The van der Waals surface area contributed by atoms with Crippen molar-refractivity contribution in [2.45, 2.75) is 20.4 Å². The van der Waals surface area contributed by atoms with Crippen molar-refractivity contribution in [3.05, 3.63) is 82.8 Å². The van der Waals surface area contributed by atoms with E-state index in [2.05, 4.69) is 20.6 Å². The molecule has 29 heavy (non-hydrogen) atoms. The summed E-state index contributed by atoms with van der Waals surface area (Å²) in [7, 11) is 1.29. The summed E-state index contributed by atoms with van der Waals surface area (Å²) >= 11 is 0. The maximum atomic E-state index is 12.7. The van der Waals surface area contributed by atoms with E-state index >= 15 is 0 Å². The van der Waals surface area contributed by atoms with Crippen LogP contribution in [-0.4, -0.2) is 29.0 Å². The van der Waals surface area contributed by atoms with Crippen LogP contribution < -0.4 is 10.6 Å². The van der Waals surface area contributed by atoms with Crippen molar-refractivity contribution in [1.82, 2.24) is 9.97 Å². The molecule has 7 nitrogen and oxygen atoms in total. The summed E-state index contributed by atoms with van der Waals surface area (Å²) in [5.74, 6) is 0.0419. The van der Waals surface area contributed by atoms with E-state index < -0.39 is 11.9 Å². The predicted octanol–water partition coefficient (Wildman–Crippen LogP) is 3.74. The third-order valence-corrected chi connectivity index (χ3v) is 4.25. The van der Waals surface area contributed by atoms with Crippen molar-refractivity contribution in [1.29, 1.82) is 0 Å². The number of nitrogens with zero attached hydrogens (tertiary/aromatic N) is 2. The maximum absolute atomic E-state index is 12.7. The highest BCUT2D eigenvalue weighted by molar-refractivity contribution is 6.07. The summed E-state index contributed by atoms with van der Waals surface area (Å²) in [6.45, 7) is 4.33. The van der Waals surface area contributed by atoms with E-state index in [4.69, 9.17) is 4.74 Å². The number of amides is 1. The molecule has 0 spiro atoms. The van der Waals surface area contributed by atoms with Crippen LogP contribution in [0.1, 0.15) is 37.8 Å². The Morgan fingerprint density at radius 1 is 1.00 bits per heavy atom. The van der Waals surface area contributed by atoms with Gasteiger partial charge >= 0.3 is 5.97 Å². The van der Waals surface area contributed by atoms with Crippen LogP contribution in [0.25, 0.3) is 0 Å². The lowest BCUT2D eigenvalue weighted by molar-refractivity contribution is 0.0602. The molecule has 0 saturated heterocycles. The molecule has 2 aromatic carbocycles. The zero-order valence-corrected chi connectivity index (χ0v) is 16.5. The first-order valence-electron chi connectivity index (χ1n) is 9.10. The first-order valence-corrected chi connectivity index (χ1v) is 9.10. The van der Waals surface area contributed by atoms with Crippen LogP contribution in [0.15, 0.2) is 54.6 Å². The molecule has 0 aliphatic rings. The molecule has 2 N–H and O–H groups in total. The Labute approximate surface area is 169 Å². The van der Waals surface area contributed by atoms with Crippen LogP contribution in [0.2, 0.25) is 0 Å². The normalized spacial score (nSPS) is 10.3. The summed E-state index contributed by atoms with van der Waals surface area (Å²) in [5, 5.41) is 5.93. The summed E-state index contributed by atoms with van der Waals surface area (Å²) in [6, 6.07) is 16.4. The minimum absolute atomic E-state index is 0.198. The fourth-order valence-electron chi connectivity index (χ4n) is 2.74. The number of esters is 1. The lowest BCUT2D eigenvalue weighted by Crippen LogP contribution is -2.18. The van der Waals surface area contributed by atoms with E-state index in [1.807, 2.05) is 31.2 Å². The van der Waals surface area contributed by atoms with Gasteiger partial charge in [-0.3, -0.25) is 4.79 Å². The van der Waals surface area contributed by atoms with Crippen LogP contribution in [0.3, 0.4) is 0 Å². The van der Waals surface area contributed by atoms with E-state index in [9.17, 15) is 9.59 Å². The second-order valence-electron chi connectivity index (χ2n) is 6.52. The topological polar surface area (TPSA) is 93.2 Å². The second kappa shape index (κ2) is 8.97. The Balaban J connectivity index is 1.76. The molecule has 1 amide bonds. The third kappa shape index (κ3) is 5.16. The van der Waals surface area contributed by atoms with Crippen molar-refractivity contribution in [3.63, 3.8) is 0 Å². The minimum atomic E-state index is -0.528. The van der Waals surface area contributed by atoms with Gasteiger partial charge in [0.15, 0.2) is 0 Å². The fourth-order valence-corrected chi connectivity index (χ4v) is 2.74. The average Bonchev–Trinajstić information content (AvgIpc) is 2.73. The molecule has 7 heteroatoms. The van der Waals surface area contributed by atoms with Crippen molar-refractivity contribution in [2.24, 2.45) is 0 Å². The van der Waals surface area contributed by atoms with Gasteiger partial charge in [0.05, 0.1) is 18.4 Å². The number of nitrogens with one attached hydrogen (secondary N) is 2. The van der Waals surface area contributed by atoms with Crippen molar-refractivity contribution >= 4 is 23.4 Å². The lowest BCUT2D eigenvalue weighted by atomic mass is 10.1. The standard InChI is InChI=1S/C22H22N4O3/c1-14-8-10-16(11-9-14)13-23-20-12-19(24-15(2)25-20)21(27)26-18-7-5-4-6-17(18)22(28)29-3/h4-12H,13H2,1-3H3,(H,26,27)(H,23,24,25). The van der Waals surface area contributed by atoms with Gasteiger partial charge in [-0.15, -0.1) is 0 Å². The average molecular weight is 390 g/mol. The van der Waals surface area contributed by atoms with Crippen LogP contribution >= 0.6 is 0 Å². The van der Waals surface area contributed by atoms with Gasteiger partial charge < -0.3 is 15.4 Å². The molecule has 0 aliphatic carbocycles. The molecule has 0 atom stereocenters. The van der Waals surface area contributed by atoms with Gasteiger partial charge in [-0.2, -0.15) is 0 Å². The molecule has 1 heterocycles. The number of rotatable bonds is 6. The number of carbonyl (C=O) groups is 2.